The maximum absolute atomic E-state index is 12.8. The van der Waals surface area contributed by atoms with Crippen molar-refractivity contribution in [3.05, 3.63) is 65.2 Å². The largest absolute Gasteiger partial charge is 0.508 e. The number of nitrogens with one attached hydrogen (secondary N) is 2. The van der Waals surface area contributed by atoms with E-state index in [0.29, 0.717) is 19.4 Å². The number of carboxylic acid groups (broad SMARTS) is 1. The van der Waals surface area contributed by atoms with Crippen molar-refractivity contribution in [3.8, 4) is 5.75 Å². The standard InChI is InChI=1S/C27H38N2O5/c1-4-21(22-10-6-5-7-11-22)16-25(31)19(3)29-27(34)23(17-26(32)33)28-14-8-9-20-12-13-24(30)18(2)15-20/h5-7,10-13,15,19,21,23,25,28,30-31H,4,8-9,14,16-17H2,1-3H3,(H,29,34)(H,32,33)/t19?,21?,23-,25?/m0/s1. The molecule has 0 bridgehead atoms. The van der Waals surface area contributed by atoms with Gasteiger partial charge in [-0.3, -0.25) is 9.59 Å². The van der Waals surface area contributed by atoms with E-state index >= 15 is 0 Å². The first-order valence-electron chi connectivity index (χ1n) is 12.0. The van der Waals surface area contributed by atoms with Gasteiger partial charge in [0.05, 0.1) is 24.6 Å². The molecule has 3 unspecified atom stereocenters. The fraction of sp³-hybridized carbons (Fsp3) is 0.481. The molecule has 0 saturated heterocycles. The summed E-state index contributed by atoms with van der Waals surface area (Å²) < 4.78 is 0. The van der Waals surface area contributed by atoms with Crippen molar-refractivity contribution in [2.45, 2.75) is 77.0 Å². The van der Waals surface area contributed by atoms with Gasteiger partial charge in [0, 0.05) is 0 Å². The van der Waals surface area contributed by atoms with Crippen LogP contribution in [-0.2, 0) is 16.0 Å². The molecule has 0 fully saturated rings. The second-order valence-corrected chi connectivity index (χ2v) is 8.95. The summed E-state index contributed by atoms with van der Waals surface area (Å²) in [7, 11) is 0. The zero-order chi connectivity index (χ0) is 25.1. The van der Waals surface area contributed by atoms with Crippen LogP contribution in [0.5, 0.6) is 5.75 Å². The Bertz CT molecular complexity index is 918. The molecule has 0 heterocycles. The molecule has 5 N–H and O–H groups in total. The molecule has 0 aliphatic rings. The van der Waals surface area contributed by atoms with E-state index in [9.17, 15) is 24.9 Å². The number of hydrogen-bond acceptors (Lipinski definition) is 5. The van der Waals surface area contributed by atoms with E-state index in [4.69, 9.17) is 0 Å². The van der Waals surface area contributed by atoms with Crippen molar-refractivity contribution in [1.82, 2.24) is 10.6 Å². The Balaban J connectivity index is 1.87. The molecule has 0 radical (unpaired) electrons. The molecule has 2 aromatic rings. The number of hydrogen-bond donors (Lipinski definition) is 5. The number of rotatable bonds is 14. The number of aromatic hydroxyl groups is 1. The van der Waals surface area contributed by atoms with Gasteiger partial charge in [-0.1, -0.05) is 49.4 Å². The van der Waals surface area contributed by atoms with Gasteiger partial charge in [0.15, 0.2) is 0 Å². The van der Waals surface area contributed by atoms with Gasteiger partial charge >= 0.3 is 5.97 Å². The predicted octanol–water partition coefficient (Wildman–Crippen LogP) is 3.52. The zero-order valence-corrected chi connectivity index (χ0v) is 20.3. The molecule has 7 heteroatoms. The van der Waals surface area contributed by atoms with E-state index in [1.54, 1.807) is 13.0 Å². The van der Waals surface area contributed by atoms with Crippen LogP contribution in [0.4, 0.5) is 0 Å². The number of phenolic OH excluding ortho intramolecular Hbond substituents is 1. The molecule has 4 atom stereocenters. The Kier molecular flexibility index (Phi) is 11.0. The first kappa shape index (κ1) is 27.3. The van der Waals surface area contributed by atoms with Crippen LogP contribution in [0.2, 0.25) is 0 Å². The predicted molar refractivity (Wildman–Crippen MR) is 133 cm³/mol. The van der Waals surface area contributed by atoms with Crippen LogP contribution in [-0.4, -0.2) is 51.9 Å². The molecule has 0 aliphatic carbocycles. The van der Waals surface area contributed by atoms with Crippen LogP contribution in [0.3, 0.4) is 0 Å². The topological polar surface area (TPSA) is 119 Å². The van der Waals surface area contributed by atoms with Crippen LogP contribution in [0.1, 0.15) is 62.1 Å². The molecule has 2 rings (SSSR count). The number of carboxylic acids is 1. The first-order chi connectivity index (χ1) is 16.2. The van der Waals surface area contributed by atoms with Gasteiger partial charge in [-0.05, 0) is 74.8 Å². The number of benzene rings is 2. The van der Waals surface area contributed by atoms with Crippen molar-refractivity contribution < 1.29 is 24.9 Å². The molecule has 0 spiro atoms. The molecule has 186 valence electrons. The lowest BCUT2D eigenvalue weighted by Gasteiger charge is -2.26. The van der Waals surface area contributed by atoms with Crippen molar-refractivity contribution in [3.63, 3.8) is 0 Å². The number of aliphatic carboxylic acids is 1. The second-order valence-electron chi connectivity index (χ2n) is 8.95. The highest BCUT2D eigenvalue weighted by Crippen LogP contribution is 2.25. The molecule has 34 heavy (non-hydrogen) atoms. The number of aryl methyl sites for hydroxylation is 2. The van der Waals surface area contributed by atoms with Crippen LogP contribution in [0, 0.1) is 6.92 Å². The van der Waals surface area contributed by atoms with Crippen molar-refractivity contribution in [1.29, 1.82) is 0 Å². The smallest absolute Gasteiger partial charge is 0.305 e. The van der Waals surface area contributed by atoms with E-state index < -0.39 is 30.1 Å². The minimum absolute atomic E-state index is 0.173. The van der Waals surface area contributed by atoms with E-state index in [2.05, 4.69) is 17.6 Å². The molecular formula is C27H38N2O5. The van der Waals surface area contributed by atoms with Gasteiger partial charge in [0.25, 0.3) is 0 Å². The third kappa shape index (κ3) is 8.80. The van der Waals surface area contributed by atoms with Crippen molar-refractivity contribution in [2.24, 2.45) is 0 Å². The monoisotopic (exact) mass is 470 g/mol. The lowest BCUT2D eigenvalue weighted by molar-refractivity contribution is -0.140. The Morgan fingerprint density at radius 1 is 1.09 bits per heavy atom. The van der Waals surface area contributed by atoms with Gasteiger partial charge in [0.1, 0.15) is 5.75 Å². The minimum atomic E-state index is -1.06. The summed E-state index contributed by atoms with van der Waals surface area (Å²) in [5.41, 5.74) is 3.02. The van der Waals surface area contributed by atoms with Gasteiger partial charge < -0.3 is 26.0 Å². The molecule has 0 aliphatic heterocycles. The van der Waals surface area contributed by atoms with E-state index in [1.807, 2.05) is 49.4 Å². The van der Waals surface area contributed by atoms with Crippen LogP contribution < -0.4 is 10.6 Å². The van der Waals surface area contributed by atoms with Crippen LogP contribution in [0.15, 0.2) is 48.5 Å². The van der Waals surface area contributed by atoms with Crippen molar-refractivity contribution in [2.75, 3.05) is 6.54 Å². The second kappa shape index (κ2) is 13.7. The quantitative estimate of drug-likeness (QED) is 0.270. The average Bonchev–Trinajstić information content (AvgIpc) is 2.81. The maximum Gasteiger partial charge on any atom is 0.305 e. The first-order valence-corrected chi connectivity index (χ1v) is 12.0. The normalized spacial score (nSPS) is 14.7. The van der Waals surface area contributed by atoms with Crippen molar-refractivity contribution >= 4 is 11.9 Å². The van der Waals surface area contributed by atoms with E-state index in [0.717, 1.165) is 29.5 Å². The SMILES string of the molecule is CCC(CC(O)C(C)NC(=O)[C@H](CC(=O)O)NCCCc1ccc(O)c(C)c1)c1ccccc1. The molecule has 0 saturated carbocycles. The number of aliphatic hydroxyl groups excluding tert-OH is 1. The Labute approximate surface area is 202 Å². The lowest BCUT2D eigenvalue weighted by Crippen LogP contribution is -2.51. The molecule has 1 amide bonds. The van der Waals surface area contributed by atoms with Crippen LogP contribution in [0.25, 0.3) is 0 Å². The number of aliphatic hydroxyl groups is 1. The summed E-state index contributed by atoms with van der Waals surface area (Å²) in [5, 5.41) is 35.4. The summed E-state index contributed by atoms with van der Waals surface area (Å²) in [6.07, 6.45) is 1.73. The van der Waals surface area contributed by atoms with Gasteiger partial charge in [-0.2, -0.15) is 0 Å². The van der Waals surface area contributed by atoms with Gasteiger partial charge in [-0.25, -0.2) is 0 Å². The summed E-state index contributed by atoms with van der Waals surface area (Å²) in [5.74, 6) is -1.07. The number of carbonyl (C=O) groups excluding carboxylic acids is 1. The fourth-order valence-corrected chi connectivity index (χ4v) is 4.05. The van der Waals surface area contributed by atoms with E-state index in [-0.39, 0.29) is 18.1 Å². The fourth-order valence-electron chi connectivity index (χ4n) is 4.05. The minimum Gasteiger partial charge on any atom is -0.508 e. The molecule has 0 aromatic heterocycles. The zero-order valence-electron chi connectivity index (χ0n) is 20.3. The third-order valence-corrected chi connectivity index (χ3v) is 6.23. The van der Waals surface area contributed by atoms with Crippen LogP contribution >= 0.6 is 0 Å². The highest BCUT2D eigenvalue weighted by molar-refractivity contribution is 5.86. The highest BCUT2D eigenvalue weighted by atomic mass is 16.4. The summed E-state index contributed by atoms with van der Waals surface area (Å²) in [6, 6.07) is 14.0. The Hall–Kier alpha value is -2.90. The number of carbonyl (C=O) groups is 2. The summed E-state index contributed by atoms with van der Waals surface area (Å²) in [6.45, 7) is 6.11. The van der Waals surface area contributed by atoms with E-state index in [1.165, 1.54) is 0 Å². The maximum atomic E-state index is 12.8. The van der Waals surface area contributed by atoms with Gasteiger partial charge in [0.2, 0.25) is 5.91 Å². The third-order valence-electron chi connectivity index (χ3n) is 6.23. The number of amides is 1. The molecule has 7 nitrogen and oxygen atoms in total. The summed E-state index contributed by atoms with van der Waals surface area (Å²) in [4.78, 5) is 24.1. The molecular weight excluding hydrogens is 432 g/mol. The Morgan fingerprint density at radius 2 is 1.79 bits per heavy atom. The number of phenols is 1. The summed E-state index contributed by atoms with van der Waals surface area (Å²) >= 11 is 0. The van der Waals surface area contributed by atoms with Gasteiger partial charge in [-0.15, -0.1) is 0 Å². The average molecular weight is 471 g/mol. The highest BCUT2D eigenvalue weighted by Gasteiger charge is 2.26. The Morgan fingerprint density at radius 3 is 2.41 bits per heavy atom. The molecule has 2 aromatic carbocycles. The lowest BCUT2D eigenvalue weighted by atomic mass is 9.89.